The van der Waals surface area contributed by atoms with Gasteiger partial charge in [0.25, 0.3) is 0 Å². The van der Waals surface area contributed by atoms with Crippen LogP contribution in [0.4, 0.5) is 0 Å². The van der Waals surface area contributed by atoms with Crippen molar-refractivity contribution in [1.82, 2.24) is 20.4 Å². The summed E-state index contributed by atoms with van der Waals surface area (Å²) in [7, 11) is 0. The van der Waals surface area contributed by atoms with Crippen molar-refractivity contribution in [2.24, 2.45) is 0 Å². The lowest BCUT2D eigenvalue weighted by atomic mass is 10.2. The molecule has 0 amide bonds. The first-order valence-electron chi connectivity index (χ1n) is 7.80. The molecule has 0 unspecified atom stereocenters. The number of halogens is 1. The van der Waals surface area contributed by atoms with E-state index >= 15 is 0 Å². The van der Waals surface area contributed by atoms with Crippen molar-refractivity contribution >= 4 is 28.9 Å². The molecule has 3 rings (SSSR count). The lowest BCUT2D eigenvalue weighted by molar-refractivity contribution is 0.344. The number of benzene rings is 1. The van der Waals surface area contributed by atoms with Gasteiger partial charge in [0, 0.05) is 23.2 Å². The van der Waals surface area contributed by atoms with Gasteiger partial charge in [-0.15, -0.1) is 10.2 Å². The fourth-order valence-electron chi connectivity index (χ4n) is 2.25. The Morgan fingerprint density at radius 3 is 2.71 bits per heavy atom. The van der Waals surface area contributed by atoms with Gasteiger partial charge in [-0.1, -0.05) is 23.8 Å². The Morgan fingerprint density at radius 2 is 2.08 bits per heavy atom. The summed E-state index contributed by atoms with van der Waals surface area (Å²) < 4.78 is 5.78. The lowest BCUT2D eigenvalue weighted by Crippen LogP contribution is -2.41. The molecule has 0 aliphatic heterocycles. The summed E-state index contributed by atoms with van der Waals surface area (Å²) in [6.45, 7) is 7.02. The standard InChI is InChI=1S/C17H19ClN4OS/c1-11(2)9-19-17(24)22(14-7-8-14)10-15-20-21-16(23-15)12-3-5-13(18)6-4-12/h3-6,14H,1,7-10H2,2H3,(H,19,24). The normalized spacial score (nSPS) is 13.6. The molecule has 1 N–H and O–H groups in total. The van der Waals surface area contributed by atoms with E-state index in [1.807, 2.05) is 19.1 Å². The number of aromatic nitrogens is 2. The van der Waals surface area contributed by atoms with Crippen molar-refractivity contribution in [3.63, 3.8) is 0 Å². The van der Waals surface area contributed by atoms with Gasteiger partial charge >= 0.3 is 0 Å². The topological polar surface area (TPSA) is 54.2 Å². The largest absolute Gasteiger partial charge is 0.419 e. The van der Waals surface area contributed by atoms with Crippen LogP contribution in [0.25, 0.3) is 11.5 Å². The number of nitrogens with one attached hydrogen (secondary N) is 1. The first-order chi connectivity index (χ1) is 11.5. The lowest BCUT2D eigenvalue weighted by Gasteiger charge is -2.24. The summed E-state index contributed by atoms with van der Waals surface area (Å²) in [4.78, 5) is 2.11. The van der Waals surface area contributed by atoms with Crippen LogP contribution in [0.5, 0.6) is 0 Å². The molecule has 5 nitrogen and oxygen atoms in total. The van der Waals surface area contributed by atoms with E-state index in [-0.39, 0.29) is 0 Å². The van der Waals surface area contributed by atoms with Crippen LogP contribution in [-0.2, 0) is 6.54 Å². The minimum absolute atomic E-state index is 0.445. The van der Waals surface area contributed by atoms with Crippen molar-refractivity contribution < 1.29 is 4.42 Å². The van der Waals surface area contributed by atoms with E-state index in [2.05, 4.69) is 27.0 Å². The number of hydrogen-bond acceptors (Lipinski definition) is 4. The average molecular weight is 363 g/mol. The summed E-state index contributed by atoms with van der Waals surface area (Å²) in [6, 6.07) is 7.76. The fourth-order valence-corrected chi connectivity index (χ4v) is 2.67. The highest BCUT2D eigenvalue weighted by Gasteiger charge is 2.32. The van der Waals surface area contributed by atoms with E-state index in [9.17, 15) is 0 Å². The molecule has 1 aliphatic carbocycles. The molecule has 1 saturated carbocycles. The Morgan fingerprint density at radius 1 is 1.38 bits per heavy atom. The SMILES string of the molecule is C=C(C)CNC(=S)N(Cc1nnc(-c2ccc(Cl)cc2)o1)C1CC1. The Balaban J connectivity index is 1.68. The van der Waals surface area contributed by atoms with Gasteiger partial charge in [-0.3, -0.25) is 0 Å². The maximum absolute atomic E-state index is 5.90. The quantitative estimate of drug-likeness (QED) is 0.623. The van der Waals surface area contributed by atoms with Gasteiger partial charge in [0.1, 0.15) is 0 Å². The Bertz CT molecular complexity index is 739. The summed E-state index contributed by atoms with van der Waals surface area (Å²) in [6.07, 6.45) is 2.26. The number of hydrogen-bond donors (Lipinski definition) is 1. The maximum Gasteiger partial charge on any atom is 0.247 e. The highest BCUT2D eigenvalue weighted by atomic mass is 35.5. The van der Waals surface area contributed by atoms with Gasteiger partial charge in [0.2, 0.25) is 11.8 Å². The molecule has 1 aromatic heterocycles. The molecule has 0 radical (unpaired) electrons. The smallest absolute Gasteiger partial charge is 0.247 e. The molecule has 0 saturated heterocycles. The van der Waals surface area contributed by atoms with Crippen LogP contribution in [0.2, 0.25) is 5.02 Å². The zero-order chi connectivity index (χ0) is 17.1. The van der Waals surface area contributed by atoms with Crippen LogP contribution in [0.15, 0.2) is 40.8 Å². The minimum atomic E-state index is 0.445. The number of nitrogens with zero attached hydrogens (tertiary/aromatic N) is 3. The molecule has 2 aromatic rings. The predicted molar refractivity (Wildman–Crippen MR) is 98.7 cm³/mol. The third-order valence-electron chi connectivity index (χ3n) is 3.65. The van der Waals surface area contributed by atoms with Crippen molar-refractivity contribution in [3.05, 3.63) is 47.3 Å². The van der Waals surface area contributed by atoms with Crippen LogP contribution >= 0.6 is 23.8 Å². The molecule has 126 valence electrons. The van der Waals surface area contributed by atoms with Gasteiger partial charge in [-0.2, -0.15) is 0 Å². The van der Waals surface area contributed by atoms with Crippen molar-refractivity contribution in [3.8, 4) is 11.5 Å². The highest BCUT2D eigenvalue weighted by Crippen LogP contribution is 2.29. The minimum Gasteiger partial charge on any atom is -0.419 e. The fraction of sp³-hybridized carbons (Fsp3) is 0.353. The number of thiocarbonyl (C=S) groups is 1. The Kier molecular flexibility index (Phi) is 5.16. The van der Waals surface area contributed by atoms with Gasteiger partial charge in [0.15, 0.2) is 5.11 Å². The summed E-state index contributed by atoms with van der Waals surface area (Å²) >= 11 is 11.4. The second kappa shape index (κ2) is 7.32. The third kappa shape index (κ3) is 4.33. The van der Waals surface area contributed by atoms with Crippen molar-refractivity contribution in [2.75, 3.05) is 6.54 Å². The molecule has 7 heteroatoms. The predicted octanol–water partition coefficient (Wildman–Crippen LogP) is 3.81. The van der Waals surface area contributed by atoms with E-state index in [0.29, 0.717) is 41.0 Å². The molecule has 0 spiro atoms. The van der Waals surface area contributed by atoms with Crippen molar-refractivity contribution in [2.45, 2.75) is 32.4 Å². The summed E-state index contributed by atoms with van der Waals surface area (Å²) in [5, 5.41) is 12.9. The van der Waals surface area contributed by atoms with Crippen molar-refractivity contribution in [1.29, 1.82) is 0 Å². The van der Waals surface area contributed by atoms with Crippen LogP contribution in [-0.4, -0.2) is 32.8 Å². The average Bonchev–Trinajstić information content (AvgIpc) is 3.29. The van der Waals surface area contributed by atoms with E-state index in [1.54, 1.807) is 12.1 Å². The van der Waals surface area contributed by atoms with E-state index in [4.69, 9.17) is 28.2 Å². The van der Waals surface area contributed by atoms with E-state index in [1.165, 1.54) is 0 Å². The zero-order valence-corrected chi connectivity index (χ0v) is 15.0. The van der Waals surface area contributed by atoms with Crippen LogP contribution < -0.4 is 5.32 Å². The highest BCUT2D eigenvalue weighted by molar-refractivity contribution is 7.80. The Labute approximate surface area is 151 Å². The maximum atomic E-state index is 5.90. The molecule has 0 atom stereocenters. The second-order valence-corrected chi connectivity index (χ2v) is 6.81. The van der Waals surface area contributed by atoms with E-state index < -0.39 is 0 Å². The first-order valence-corrected chi connectivity index (χ1v) is 8.58. The Hall–Kier alpha value is -1.92. The summed E-state index contributed by atoms with van der Waals surface area (Å²) in [5.74, 6) is 1.03. The van der Waals surface area contributed by atoms with Gasteiger partial charge in [-0.25, -0.2) is 0 Å². The summed E-state index contributed by atoms with van der Waals surface area (Å²) in [5.41, 5.74) is 1.88. The zero-order valence-electron chi connectivity index (χ0n) is 13.5. The molecule has 1 heterocycles. The van der Waals surface area contributed by atoms with Gasteiger partial charge in [0.05, 0.1) is 6.54 Å². The molecule has 1 fully saturated rings. The second-order valence-electron chi connectivity index (χ2n) is 5.98. The van der Waals surface area contributed by atoms with Crippen LogP contribution in [0.3, 0.4) is 0 Å². The molecule has 1 aromatic carbocycles. The molecule has 24 heavy (non-hydrogen) atoms. The third-order valence-corrected chi connectivity index (χ3v) is 4.28. The molecule has 1 aliphatic rings. The molecular formula is C17H19ClN4OS. The van der Waals surface area contributed by atoms with E-state index in [0.717, 1.165) is 24.0 Å². The molecular weight excluding hydrogens is 344 g/mol. The van der Waals surface area contributed by atoms with Gasteiger partial charge < -0.3 is 14.6 Å². The van der Waals surface area contributed by atoms with Crippen LogP contribution in [0.1, 0.15) is 25.7 Å². The van der Waals surface area contributed by atoms with Crippen LogP contribution in [0, 0.1) is 0 Å². The molecule has 0 bridgehead atoms. The monoisotopic (exact) mass is 362 g/mol. The first kappa shape index (κ1) is 16.9. The van der Waals surface area contributed by atoms with Gasteiger partial charge in [-0.05, 0) is 56.2 Å². The number of rotatable bonds is 6.